The van der Waals surface area contributed by atoms with Gasteiger partial charge in [0.2, 0.25) is 5.91 Å². The molecular weight excluding hydrogens is 879 g/mol. The molecular formula is C48H85NO18. The van der Waals surface area contributed by atoms with E-state index in [1.165, 1.54) is 44.9 Å². The molecule has 3 saturated heterocycles. The largest absolute Gasteiger partial charge is 0.394 e. The van der Waals surface area contributed by atoms with E-state index in [4.69, 9.17) is 28.4 Å². The van der Waals surface area contributed by atoms with E-state index in [0.717, 1.165) is 51.4 Å². The van der Waals surface area contributed by atoms with Crippen LogP contribution >= 0.6 is 0 Å². The molecule has 3 rings (SSSR count). The Hall–Kier alpha value is -1.99. The number of ether oxygens (including phenoxy) is 6. The first-order valence-corrected chi connectivity index (χ1v) is 24.7. The van der Waals surface area contributed by atoms with Gasteiger partial charge in [0.05, 0.1) is 38.6 Å². The SMILES string of the molecule is CCCCCC/C=C/CC/C=C/CC/C=C/C(O)C(COC1OC(CO)C(OC2OC(CO)C(OC3OC(CO)C(O)C(O)C3O)C(O)C2O)C(O)C1O)NC(=O)CCCCCCCCCC. The average molecular weight is 964 g/mol. The van der Waals surface area contributed by atoms with Gasteiger partial charge in [0.15, 0.2) is 18.9 Å². The minimum absolute atomic E-state index is 0.231. The van der Waals surface area contributed by atoms with Crippen LogP contribution in [0.25, 0.3) is 0 Å². The Morgan fingerprint density at radius 2 is 0.955 bits per heavy atom. The molecule has 3 aliphatic heterocycles. The van der Waals surface area contributed by atoms with Crippen LogP contribution in [0.1, 0.15) is 129 Å². The van der Waals surface area contributed by atoms with E-state index < -0.39 is 124 Å². The molecule has 390 valence electrons. The van der Waals surface area contributed by atoms with Gasteiger partial charge in [0, 0.05) is 6.42 Å². The van der Waals surface area contributed by atoms with Crippen LogP contribution in [-0.4, -0.2) is 193 Å². The molecule has 3 heterocycles. The standard InChI is InChI=1S/C48H85NO18/c1-3-5-7-9-11-13-14-15-16-17-18-19-21-23-25-32(53)31(49-36(54)26-24-22-20-12-10-8-6-4-2)30-62-46-42(60)39(57)44(34(28-51)64-46)67-48-43(61)40(58)45(35(29-52)65-48)66-47-41(59)38(56)37(55)33(27-50)63-47/h13-14,17-18,23,25,31-35,37-48,50-53,55-61H,3-12,15-16,19-22,24,26-30H2,1-2H3,(H,49,54)/b14-13+,18-17+,25-23+. The van der Waals surface area contributed by atoms with E-state index >= 15 is 0 Å². The quantitative estimate of drug-likeness (QED) is 0.0323. The Morgan fingerprint density at radius 1 is 0.522 bits per heavy atom. The molecule has 17 atom stereocenters. The van der Waals surface area contributed by atoms with Crippen molar-refractivity contribution in [2.45, 2.75) is 234 Å². The van der Waals surface area contributed by atoms with Gasteiger partial charge in [-0.2, -0.15) is 0 Å². The van der Waals surface area contributed by atoms with Crippen LogP contribution in [0, 0.1) is 0 Å². The maximum absolute atomic E-state index is 13.1. The van der Waals surface area contributed by atoms with E-state index in [0.29, 0.717) is 12.8 Å². The monoisotopic (exact) mass is 964 g/mol. The number of amides is 1. The van der Waals surface area contributed by atoms with Gasteiger partial charge >= 0.3 is 0 Å². The summed E-state index contributed by atoms with van der Waals surface area (Å²) in [5, 5.41) is 119. The Kier molecular flexibility index (Phi) is 29.7. The zero-order chi connectivity index (χ0) is 49.1. The fourth-order valence-electron chi connectivity index (χ4n) is 8.22. The smallest absolute Gasteiger partial charge is 0.220 e. The normalized spacial score (nSPS) is 33.8. The summed E-state index contributed by atoms with van der Waals surface area (Å²) in [4.78, 5) is 13.1. The summed E-state index contributed by atoms with van der Waals surface area (Å²) in [6.45, 7) is 1.57. The van der Waals surface area contributed by atoms with Crippen LogP contribution in [-0.2, 0) is 33.2 Å². The molecule has 12 N–H and O–H groups in total. The molecule has 3 fully saturated rings. The number of unbranched alkanes of at least 4 members (excludes halogenated alkanes) is 13. The van der Waals surface area contributed by atoms with E-state index in [1.807, 2.05) is 6.08 Å². The topological polar surface area (TPSA) is 307 Å². The second kappa shape index (κ2) is 33.6. The lowest BCUT2D eigenvalue weighted by molar-refractivity contribution is -0.379. The zero-order valence-electron chi connectivity index (χ0n) is 39.6. The summed E-state index contributed by atoms with van der Waals surface area (Å²) < 4.78 is 34.0. The van der Waals surface area contributed by atoms with E-state index in [-0.39, 0.29) is 18.9 Å². The molecule has 19 heteroatoms. The third kappa shape index (κ3) is 20.0. The molecule has 0 aromatic carbocycles. The third-order valence-electron chi connectivity index (χ3n) is 12.4. The first-order valence-electron chi connectivity index (χ1n) is 24.7. The van der Waals surface area contributed by atoms with Gasteiger partial charge in [-0.25, -0.2) is 0 Å². The lowest BCUT2D eigenvalue weighted by Gasteiger charge is -2.48. The van der Waals surface area contributed by atoms with Crippen molar-refractivity contribution in [1.29, 1.82) is 0 Å². The molecule has 0 radical (unpaired) electrons. The summed E-state index contributed by atoms with van der Waals surface area (Å²) >= 11 is 0. The van der Waals surface area contributed by atoms with Crippen LogP contribution in [0.3, 0.4) is 0 Å². The van der Waals surface area contributed by atoms with Gasteiger partial charge in [-0.3, -0.25) is 4.79 Å². The summed E-state index contributed by atoms with van der Waals surface area (Å²) in [5.74, 6) is -0.299. The maximum Gasteiger partial charge on any atom is 0.220 e. The van der Waals surface area contributed by atoms with Crippen molar-refractivity contribution in [3.05, 3.63) is 36.5 Å². The van der Waals surface area contributed by atoms with Gasteiger partial charge < -0.3 is 89.9 Å². The van der Waals surface area contributed by atoms with Crippen molar-refractivity contribution >= 4 is 5.91 Å². The Bertz CT molecular complexity index is 1390. The van der Waals surface area contributed by atoms with E-state index in [2.05, 4.69) is 43.5 Å². The Labute approximate surface area is 396 Å². The van der Waals surface area contributed by atoms with E-state index in [1.54, 1.807) is 6.08 Å². The fourth-order valence-corrected chi connectivity index (χ4v) is 8.22. The second-order valence-electron chi connectivity index (χ2n) is 17.9. The van der Waals surface area contributed by atoms with Gasteiger partial charge in [-0.15, -0.1) is 0 Å². The van der Waals surface area contributed by atoms with Crippen molar-refractivity contribution in [1.82, 2.24) is 5.32 Å². The van der Waals surface area contributed by atoms with Crippen LogP contribution in [0.15, 0.2) is 36.5 Å². The summed E-state index contributed by atoms with van der Waals surface area (Å²) in [6, 6.07) is -0.988. The molecule has 0 bridgehead atoms. The van der Waals surface area contributed by atoms with Crippen LogP contribution in [0.4, 0.5) is 0 Å². The molecule has 0 spiro atoms. The summed E-state index contributed by atoms with van der Waals surface area (Å²) in [5.41, 5.74) is 0. The van der Waals surface area contributed by atoms with Gasteiger partial charge in [-0.05, 0) is 44.9 Å². The summed E-state index contributed by atoms with van der Waals surface area (Å²) in [7, 11) is 0. The molecule has 0 saturated carbocycles. The molecule has 0 aromatic rings. The van der Waals surface area contributed by atoms with Crippen LogP contribution in [0.5, 0.6) is 0 Å². The first-order chi connectivity index (χ1) is 32.3. The minimum atomic E-state index is -1.98. The molecule has 67 heavy (non-hydrogen) atoms. The highest BCUT2D eigenvalue weighted by molar-refractivity contribution is 5.76. The predicted octanol–water partition coefficient (Wildman–Crippen LogP) is 1.03. The van der Waals surface area contributed by atoms with Crippen molar-refractivity contribution in [3.63, 3.8) is 0 Å². The number of hydrogen-bond donors (Lipinski definition) is 12. The molecule has 0 aliphatic carbocycles. The summed E-state index contributed by atoms with van der Waals surface area (Å²) in [6.07, 6.45) is 3.22. The number of carbonyl (C=O) groups is 1. The lowest BCUT2D eigenvalue weighted by Crippen LogP contribution is -2.66. The van der Waals surface area contributed by atoms with Crippen LogP contribution < -0.4 is 5.32 Å². The van der Waals surface area contributed by atoms with Crippen molar-refractivity contribution in [2.75, 3.05) is 26.4 Å². The van der Waals surface area contributed by atoms with Crippen molar-refractivity contribution < 1.29 is 89.4 Å². The second-order valence-corrected chi connectivity index (χ2v) is 17.9. The van der Waals surface area contributed by atoms with Crippen LogP contribution in [0.2, 0.25) is 0 Å². The Balaban J connectivity index is 1.59. The van der Waals surface area contributed by atoms with Gasteiger partial charge in [-0.1, -0.05) is 115 Å². The number of rotatable bonds is 33. The molecule has 1 amide bonds. The number of allylic oxidation sites excluding steroid dienone is 5. The molecule has 3 aliphatic rings. The highest BCUT2D eigenvalue weighted by atomic mass is 16.8. The first kappa shape index (κ1) is 59.3. The maximum atomic E-state index is 13.1. The number of aliphatic hydroxyl groups is 11. The zero-order valence-corrected chi connectivity index (χ0v) is 39.6. The minimum Gasteiger partial charge on any atom is -0.394 e. The highest BCUT2D eigenvalue weighted by Crippen LogP contribution is 2.33. The average Bonchev–Trinajstić information content (AvgIpc) is 3.32. The highest BCUT2D eigenvalue weighted by Gasteiger charge is 2.53. The van der Waals surface area contributed by atoms with Crippen molar-refractivity contribution in [3.8, 4) is 0 Å². The Morgan fingerprint density at radius 3 is 1.49 bits per heavy atom. The number of carbonyl (C=O) groups excluding carboxylic acids is 1. The molecule has 19 nitrogen and oxygen atoms in total. The third-order valence-corrected chi connectivity index (χ3v) is 12.4. The number of aliphatic hydroxyl groups excluding tert-OH is 11. The van der Waals surface area contributed by atoms with Gasteiger partial charge in [0.1, 0.15) is 73.2 Å². The lowest BCUT2D eigenvalue weighted by atomic mass is 9.96. The molecule has 0 aromatic heterocycles. The van der Waals surface area contributed by atoms with Gasteiger partial charge in [0.25, 0.3) is 0 Å². The number of nitrogens with one attached hydrogen (secondary N) is 1. The van der Waals surface area contributed by atoms with E-state index in [9.17, 15) is 61.0 Å². The fraction of sp³-hybridized carbons (Fsp3) is 0.854. The predicted molar refractivity (Wildman–Crippen MR) is 245 cm³/mol. The molecule has 17 unspecified atom stereocenters. The number of hydrogen-bond acceptors (Lipinski definition) is 18. The van der Waals surface area contributed by atoms with Crippen molar-refractivity contribution in [2.24, 2.45) is 0 Å².